The molecule has 1 aromatic rings. The van der Waals surface area contributed by atoms with Crippen LogP contribution >= 0.6 is 11.8 Å². The zero-order chi connectivity index (χ0) is 17.1. The van der Waals surface area contributed by atoms with Crippen molar-refractivity contribution in [3.05, 3.63) is 28.8 Å². The van der Waals surface area contributed by atoms with E-state index in [-0.39, 0.29) is 12.7 Å². The van der Waals surface area contributed by atoms with E-state index in [1.165, 1.54) is 13.0 Å². The Kier molecular flexibility index (Phi) is 5.35. The van der Waals surface area contributed by atoms with E-state index in [0.29, 0.717) is 6.07 Å². The Balaban J connectivity index is 3.54. The Hall–Kier alpha value is -1.89. The highest BCUT2D eigenvalue weighted by Gasteiger charge is 2.38. The molecule has 0 aromatic heterocycles. The van der Waals surface area contributed by atoms with Gasteiger partial charge in [-0.3, -0.25) is 0 Å². The quantitative estimate of drug-likeness (QED) is 0.465. The maximum Gasteiger partial charge on any atom is 0.446 e. The average Bonchev–Trinajstić information content (AvgIpc) is 2.35. The highest BCUT2D eigenvalue weighted by molar-refractivity contribution is 8.00. The number of hydrogen-bond donors (Lipinski definition) is 0. The predicted octanol–water partition coefficient (Wildman–Crippen LogP) is 4.37. The van der Waals surface area contributed by atoms with Crippen molar-refractivity contribution in [3.63, 3.8) is 0 Å². The van der Waals surface area contributed by atoms with Gasteiger partial charge in [-0.15, -0.1) is 0 Å². The third-order valence-corrected chi connectivity index (χ3v) is 3.06. The molecule has 0 radical (unpaired) electrons. The molecule has 3 nitrogen and oxygen atoms in total. The summed E-state index contributed by atoms with van der Waals surface area (Å²) in [6.07, 6.45) is -5.02. The van der Waals surface area contributed by atoms with Crippen LogP contribution in [0.3, 0.4) is 0 Å². The number of carbonyl (C=O) groups excluding carboxylic acids is 1. The Morgan fingerprint density at radius 1 is 1.27 bits per heavy atom. The molecular weight excluding hydrogens is 336 g/mol. The summed E-state index contributed by atoms with van der Waals surface area (Å²) in [6.45, 7) is 1.08. The first-order valence-electron chi connectivity index (χ1n) is 5.57. The van der Waals surface area contributed by atoms with Gasteiger partial charge in [0.25, 0.3) is 0 Å². The monoisotopic (exact) mass is 343 g/mol. The topological polar surface area (TPSA) is 50.1 Å². The molecule has 0 aliphatic heterocycles. The lowest BCUT2D eigenvalue weighted by Crippen LogP contribution is -2.16. The molecule has 10 heteroatoms. The highest BCUT2D eigenvalue weighted by Crippen LogP contribution is 2.42. The number of carbonyl (C=O) groups is 1. The van der Waals surface area contributed by atoms with Gasteiger partial charge < -0.3 is 4.74 Å². The van der Waals surface area contributed by atoms with Crippen LogP contribution in [0.1, 0.15) is 28.4 Å². The molecule has 0 bridgehead atoms. The second-order valence-corrected chi connectivity index (χ2v) is 4.88. The molecule has 0 N–H and O–H groups in total. The zero-order valence-electron chi connectivity index (χ0n) is 10.8. The minimum Gasteiger partial charge on any atom is -0.462 e. The summed E-state index contributed by atoms with van der Waals surface area (Å²) in [5.41, 5.74) is -8.24. The Morgan fingerprint density at radius 2 is 1.86 bits per heavy atom. The predicted molar refractivity (Wildman–Crippen MR) is 64.0 cm³/mol. The first-order valence-corrected chi connectivity index (χ1v) is 6.39. The van der Waals surface area contributed by atoms with E-state index in [9.17, 15) is 31.1 Å². The van der Waals surface area contributed by atoms with Crippen molar-refractivity contribution >= 4 is 17.7 Å². The summed E-state index contributed by atoms with van der Waals surface area (Å²) >= 11 is -0.777. The second kappa shape index (κ2) is 6.48. The van der Waals surface area contributed by atoms with Crippen molar-refractivity contribution in [2.45, 2.75) is 23.5 Å². The third kappa shape index (κ3) is 4.56. The van der Waals surface area contributed by atoms with E-state index < -0.39 is 51.0 Å². The maximum atomic E-state index is 12.9. The Morgan fingerprint density at radius 3 is 2.27 bits per heavy atom. The molecule has 0 aliphatic carbocycles. The van der Waals surface area contributed by atoms with Gasteiger partial charge in [-0.1, -0.05) is 0 Å². The number of nitriles is 1. The molecule has 0 amide bonds. The summed E-state index contributed by atoms with van der Waals surface area (Å²) in [4.78, 5) is 10.7. The number of ether oxygens (including phenoxy) is 1. The van der Waals surface area contributed by atoms with E-state index in [1.54, 1.807) is 0 Å². The number of benzene rings is 1. The van der Waals surface area contributed by atoms with Gasteiger partial charge in [0.05, 0.1) is 23.3 Å². The first-order chi connectivity index (χ1) is 9.99. The number of nitrogens with zero attached hydrogens (tertiary/aromatic N) is 1. The van der Waals surface area contributed by atoms with Gasteiger partial charge in [0, 0.05) is 4.90 Å². The van der Waals surface area contributed by atoms with Crippen molar-refractivity contribution in [1.82, 2.24) is 0 Å². The largest absolute Gasteiger partial charge is 0.462 e. The molecule has 120 valence electrons. The smallest absolute Gasteiger partial charge is 0.446 e. The van der Waals surface area contributed by atoms with Gasteiger partial charge in [0.15, 0.2) is 0 Å². The third-order valence-electron chi connectivity index (χ3n) is 2.27. The van der Waals surface area contributed by atoms with Crippen LogP contribution in [0.2, 0.25) is 0 Å². The highest BCUT2D eigenvalue weighted by atomic mass is 32.2. The lowest BCUT2D eigenvalue weighted by molar-refractivity contribution is -0.138. The molecule has 1 rings (SSSR count). The molecule has 0 atom stereocenters. The molecule has 0 heterocycles. The van der Waals surface area contributed by atoms with Crippen molar-refractivity contribution in [2.24, 2.45) is 0 Å². The number of thioether (sulfide) groups is 1. The van der Waals surface area contributed by atoms with Crippen LogP contribution in [0.5, 0.6) is 0 Å². The summed E-state index contributed by atoms with van der Waals surface area (Å²) in [6, 6.07) is 1.84. The maximum absolute atomic E-state index is 12.9. The van der Waals surface area contributed by atoms with Gasteiger partial charge in [-0.05, 0) is 30.8 Å². The van der Waals surface area contributed by atoms with Crippen LogP contribution in [-0.2, 0) is 10.9 Å². The van der Waals surface area contributed by atoms with Gasteiger partial charge in [0.1, 0.15) is 6.07 Å². The SMILES string of the molecule is CCOC(=O)c1cc(SC(F)(F)F)c(C#N)cc1C(F)(F)F. The summed E-state index contributed by atoms with van der Waals surface area (Å²) < 4.78 is 80.2. The van der Waals surface area contributed by atoms with Gasteiger partial charge in [0.2, 0.25) is 0 Å². The molecular formula is C12H7F6NO2S. The fourth-order valence-corrected chi connectivity index (χ4v) is 2.13. The van der Waals surface area contributed by atoms with Crippen molar-refractivity contribution < 1.29 is 35.9 Å². The Labute approximate surface area is 124 Å². The molecule has 0 aliphatic rings. The first kappa shape index (κ1) is 18.2. The Bertz CT molecular complexity index is 618. The molecule has 22 heavy (non-hydrogen) atoms. The standard InChI is InChI=1S/C12H7F6NO2S/c1-2-21-10(20)7-4-9(22-12(16,17)18)6(5-19)3-8(7)11(13,14)15/h3-4H,2H2,1H3. The van der Waals surface area contributed by atoms with Crippen LogP contribution < -0.4 is 0 Å². The van der Waals surface area contributed by atoms with E-state index in [1.807, 2.05) is 0 Å². The molecule has 0 saturated carbocycles. The van der Waals surface area contributed by atoms with Crippen molar-refractivity contribution in [2.75, 3.05) is 6.61 Å². The van der Waals surface area contributed by atoms with Crippen molar-refractivity contribution in [1.29, 1.82) is 5.26 Å². The van der Waals surface area contributed by atoms with Crippen LogP contribution in [-0.4, -0.2) is 18.1 Å². The molecule has 0 saturated heterocycles. The van der Waals surface area contributed by atoms with Crippen molar-refractivity contribution in [3.8, 4) is 6.07 Å². The summed E-state index contributed by atoms with van der Waals surface area (Å²) in [7, 11) is 0. The van der Waals surface area contributed by atoms with E-state index in [0.717, 1.165) is 0 Å². The second-order valence-electron chi connectivity index (χ2n) is 3.77. The van der Waals surface area contributed by atoms with Crippen LogP contribution in [0, 0.1) is 11.3 Å². The molecule has 0 fully saturated rings. The fraction of sp³-hybridized carbons (Fsp3) is 0.333. The van der Waals surface area contributed by atoms with E-state index in [2.05, 4.69) is 4.74 Å². The van der Waals surface area contributed by atoms with Gasteiger partial charge in [-0.2, -0.15) is 31.6 Å². The van der Waals surface area contributed by atoms with E-state index >= 15 is 0 Å². The van der Waals surface area contributed by atoms with Crippen LogP contribution in [0.15, 0.2) is 17.0 Å². The van der Waals surface area contributed by atoms with E-state index in [4.69, 9.17) is 5.26 Å². The molecule has 1 aromatic carbocycles. The lowest BCUT2D eigenvalue weighted by atomic mass is 10.0. The molecule has 0 spiro atoms. The number of halogens is 6. The van der Waals surface area contributed by atoms with Crippen LogP contribution in [0.25, 0.3) is 0 Å². The fourth-order valence-electron chi connectivity index (χ4n) is 1.49. The number of alkyl halides is 6. The number of esters is 1. The van der Waals surface area contributed by atoms with Gasteiger partial charge >= 0.3 is 17.7 Å². The lowest BCUT2D eigenvalue weighted by Gasteiger charge is -2.15. The van der Waals surface area contributed by atoms with Gasteiger partial charge in [-0.25, -0.2) is 4.79 Å². The minimum atomic E-state index is -5.02. The minimum absolute atomic E-state index is 0.209. The zero-order valence-corrected chi connectivity index (χ0v) is 11.6. The van der Waals surface area contributed by atoms with Crippen LogP contribution in [0.4, 0.5) is 26.3 Å². The molecule has 0 unspecified atom stereocenters. The number of rotatable bonds is 3. The normalized spacial score (nSPS) is 11.9. The summed E-state index contributed by atoms with van der Waals surface area (Å²) in [5.74, 6) is -1.41. The number of hydrogen-bond acceptors (Lipinski definition) is 4. The average molecular weight is 343 g/mol. The summed E-state index contributed by atoms with van der Waals surface area (Å²) in [5, 5.41) is 8.72.